The zero-order valence-electron chi connectivity index (χ0n) is 26.2. The van der Waals surface area contributed by atoms with E-state index in [0.29, 0.717) is 46.5 Å². The number of carbonyl (C=O) groups excluding carboxylic acids is 3. The number of anilines is 1. The zero-order chi connectivity index (χ0) is 32.9. The number of ether oxygens (including phenoxy) is 2. The second-order valence-electron chi connectivity index (χ2n) is 11.1. The Bertz CT molecular complexity index is 1650. The third kappa shape index (κ3) is 8.12. The first kappa shape index (κ1) is 33.3. The fraction of sp³-hybridized carbons (Fsp3) is 0.419. The van der Waals surface area contributed by atoms with E-state index in [-0.39, 0.29) is 37.7 Å². The van der Waals surface area contributed by atoms with Gasteiger partial charge in [-0.2, -0.15) is 0 Å². The Morgan fingerprint density at radius 3 is 2.51 bits per heavy atom. The first-order valence-electron chi connectivity index (χ1n) is 14.5. The summed E-state index contributed by atoms with van der Waals surface area (Å²) in [6.45, 7) is 5.49. The van der Waals surface area contributed by atoms with Gasteiger partial charge in [0, 0.05) is 24.7 Å². The molecule has 0 saturated heterocycles. The van der Waals surface area contributed by atoms with Gasteiger partial charge in [-0.05, 0) is 61.7 Å². The van der Waals surface area contributed by atoms with Crippen molar-refractivity contribution >= 4 is 33.4 Å². The minimum absolute atomic E-state index is 0.0852. The van der Waals surface area contributed by atoms with Crippen LogP contribution in [-0.4, -0.2) is 82.2 Å². The van der Waals surface area contributed by atoms with Crippen molar-refractivity contribution in [1.29, 1.82) is 0 Å². The Morgan fingerprint density at radius 1 is 1.16 bits per heavy atom. The third-order valence-electron chi connectivity index (χ3n) is 7.43. The fourth-order valence-electron chi connectivity index (χ4n) is 4.72. The van der Waals surface area contributed by atoms with E-state index in [2.05, 4.69) is 15.6 Å². The lowest BCUT2D eigenvalue weighted by atomic mass is 10.0. The van der Waals surface area contributed by atoms with Crippen molar-refractivity contribution in [3.05, 3.63) is 59.5 Å². The molecule has 1 aliphatic rings. The number of aryl methyl sites for hydroxylation is 1. The molecule has 0 saturated carbocycles. The normalized spacial score (nSPS) is 16.6. The summed E-state index contributed by atoms with van der Waals surface area (Å²) < 4.78 is 42.3. The first-order chi connectivity index (χ1) is 21.3. The van der Waals surface area contributed by atoms with Crippen LogP contribution in [0.4, 0.5) is 5.69 Å². The zero-order valence-corrected chi connectivity index (χ0v) is 27.1. The quantitative estimate of drug-likeness (QED) is 0.427. The molecule has 2 heterocycles. The maximum atomic E-state index is 13.6. The molecule has 3 aromatic rings. The van der Waals surface area contributed by atoms with E-state index in [0.717, 1.165) is 10.6 Å². The highest BCUT2D eigenvalue weighted by Gasteiger charge is 2.27. The summed E-state index contributed by atoms with van der Waals surface area (Å²) in [6, 6.07) is 10.5. The lowest BCUT2D eigenvalue weighted by molar-refractivity contribution is -0.130. The van der Waals surface area contributed by atoms with E-state index < -0.39 is 33.8 Å². The van der Waals surface area contributed by atoms with Crippen molar-refractivity contribution in [2.75, 3.05) is 44.4 Å². The number of nitrogens with zero attached hydrogens (tertiary/aromatic N) is 3. The van der Waals surface area contributed by atoms with E-state index in [9.17, 15) is 22.8 Å². The molecule has 2 N–H and O–H groups in total. The average molecular weight is 642 g/mol. The Labute approximate surface area is 262 Å². The molecule has 4 bridgehead atoms. The number of fused-ring (bicyclic) bond motifs is 5. The molecule has 4 rings (SSSR count). The highest BCUT2D eigenvalue weighted by Crippen LogP contribution is 2.33. The largest absolute Gasteiger partial charge is 0.493 e. The Hall–Kier alpha value is -4.59. The van der Waals surface area contributed by atoms with Gasteiger partial charge in [0.25, 0.3) is 5.91 Å². The first-order valence-corrected chi connectivity index (χ1v) is 16.3. The minimum atomic E-state index is -3.49. The molecule has 0 spiro atoms. The predicted octanol–water partition coefficient (Wildman–Crippen LogP) is 2.74. The Balaban J connectivity index is 1.63. The molecule has 1 aliphatic heterocycles. The van der Waals surface area contributed by atoms with E-state index in [1.54, 1.807) is 25.1 Å². The van der Waals surface area contributed by atoms with Gasteiger partial charge in [0.2, 0.25) is 27.7 Å². The second-order valence-corrected chi connectivity index (χ2v) is 13.1. The second kappa shape index (κ2) is 14.0. The van der Waals surface area contributed by atoms with Crippen LogP contribution in [0.15, 0.2) is 46.9 Å². The summed E-state index contributed by atoms with van der Waals surface area (Å²) in [5, 5.41) is 5.61. The monoisotopic (exact) mass is 641 g/mol. The molecule has 1 aromatic heterocycles. The van der Waals surface area contributed by atoms with Crippen molar-refractivity contribution < 1.29 is 36.7 Å². The number of amides is 3. The number of benzene rings is 2. The third-order valence-corrected chi connectivity index (χ3v) is 8.63. The van der Waals surface area contributed by atoms with Gasteiger partial charge in [-0.3, -0.25) is 18.7 Å². The molecule has 242 valence electrons. The number of sulfonamides is 1. The fourth-order valence-corrected chi connectivity index (χ4v) is 5.23. The van der Waals surface area contributed by atoms with Crippen molar-refractivity contribution in [2.24, 2.45) is 5.92 Å². The molecular weight excluding hydrogens is 602 g/mol. The van der Waals surface area contributed by atoms with Crippen molar-refractivity contribution in [3.63, 3.8) is 0 Å². The number of aromatic nitrogens is 1. The van der Waals surface area contributed by atoms with Gasteiger partial charge in [-0.25, -0.2) is 13.4 Å². The highest BCUT2D eigenvalue weighted by atomic mass is 32.2. The highest BCUT2D eigenvalue weighted by molar-refractivity contribution is 7.92. The van der Waals surface area contributed by atoms with Crippen LogP contribution in [0, 0.1) is 12.8 Å². The smallest absolute Gasteiger partial charge is 0.254 e. The summed E-state index contributed by atoms with van der Waals surface area (Å²) in [7, 11) is -0.543. The van der Waals surface area contributed by atoms with Crippen molar-refractivity contribution in [3.8, 4) is 23.0 Å². The van der Waals surface area contributed by atoms with Gasteiger partial charge in [0.15, 0.2) is 11.5 Å². The molecule has 0 radical (unpaired) electrons. The Morgan fingerprint density at radius 2 is 1.87 bits per heavy atom. The van der Waals surface area contributed by atoms with Crippen molar-refractivity contribution in [1.82, 2.24) is 20.5 Å². The number of oxazole rings is 1. The minimum Gasteiger partial charge on any atom is -0.493 e. The predicted molar refractivity (Wildman–Crippen MR) is 168 cm³/mol. The lowest BCUT2D eigenvalue weighted by Crippen LogP contribution is -2.52. The number of nitrogens with one attached hydrogen (secondary N) is 2. The van der Waals surface area contributed by atoms with Crippen LogP contribution < -0.4 is 24.4 Å². The summed E-state index contributed by atoms with van der Waals surface area (Å²) in [6.07, 6.45) is 1.44. The van der Waals surface area contributed by atoms with Crippen LogP contribution in [0.1, 0.15) is 42.1 Å². The maximum Gasteiger partial charge on any atom is 0.254 e. The number of rotatable bonds is 5. The number of methoxy groups -OCH3 is 1. The molecule has 3 amide bonds. The molecule has 13 nitrogen and oxygen atoms in total. The Kier molecular flexibility index (Phi) is 10.4. The molecular formula is C31H39N5O8S. The lowest BCUT2D eigenvalue weighted by Gasteiger charge is -2.26. The summed E-state index contributed by atoms with van der Waals surface area (Å²) >= 11 is 0. The van der Waals surface area contributed by atoms with Gasteiger partial charge in [0.1, 0.15) is 17.5 Å². The number of hydrogen-bond donors (Lipinski definition) is 2. The SMILES string of the molecule is COc1ccc2cc1OCCCN(C(=O)c1ccc(N(C)S(C)(=O)=O)cc1)CC(=O)N[C@@H](C(C)C)C(=O)NCc1nc-2oc1C. The molecule has 45 heavy (non-hydrogen) atoms. The van der Waals surface area contributed by atoms with Crippen molar-refractivity contribution in [2.45, 2.75) is 39.8 Å². The van der Waals surface area contributed by atoms with Gasteiger partial charge >= 0.3 is 0 Å². The van der Waals surface area contributed by atoms with Crippen LogP contribution in [-0.2, 0) is 26.2 Å². The molecule has 2 aromatic carbocycles. The maximum absolute atomic E-state index is 13.6. The van der Waals surface area contributed by atoms with Crippen LogP contribution in [0.3, 0.4) is 0 Å². The average Bonchev–Trinajstić information content (AvgIpc) is 3.38. The van der Waals surface area contributed by atoms with Gasteiger partial charge < -0.3 is 29.4 Å². The van der Waals surface area contributed by atoms with Gasteiger partial charge in [-0.15, -0.1) is 0 Å². The van der Waals surface area contributed by atoms with E-state index >= 15 is 0 Å². The molecule has 0 aliphatic carbocycles. The van der Waals surface area contributed by atoms with E-state index in [4.69, 9.17) is 13.9 Å². The van der Waals surface area contributed by atoms with Crippen LogP contribution in [0.25, 0.3) is 11.5 Å². The number of hydrogen-bond acceptors (Lipinski definition) is 9. The summed E-state index contributed by atoms with van der Waals surface area (Å²) in [5.41, 5.74) is 1.85. The molecule has 0 unspecified atom stereocenters. The number of carbonyl (C=O) groups is 3. The van der Waals surface area contributed by atoms with Crippen LogP contribution >= 0.6 is 0 Å². The summed E-state index contributed by atoms with van der Waals surface area (Å²) in [4.78, 5) is 46.0. The summed E-state index contributed by atoms with van der Waals surface area (Å²) in [5.74, 6) is 0.240. The topological polar surface area (TPSA) is 160 Å². The van der Waals surface area contributed by atoms with Crippen LogP contribution in [0.2, 0.25) is 0 Å². The van der Waals surface area contributed by atoms with Gasteiger partial charge in [0.05, 0.1) is 38.7 Å². The van der Waals surface area contributed by atoms with Gasteiger partial charge in [-0.1, -0.05) is 13.8 Å². The van der Waals surface area contributed by atoms with E-state index in [1.807, 2.05) is 13.8 Å². The molecule has 1 atom stereocenters. The molecule has 14 heteroatoms. The standard InChI is InChI=1S/C31H39N5O8S/c1-19(2)28-29(38)32-17-24-20(3)44-30(33-24)22-10-13-25(42-5)26(16-22)43-15-7-14-36(18-27(37)34-28)31(39)21-8-11-23(12-9-21)35(4)45(6,40)41/h8-13,16,19,28H,7,14-15,17-18H2,1-6H3,(H,32,38)(H,34,37)/t28-/m0/s1. The molecule has 0 fully saturated rings. The van der Waals surface area contributed by atoms with Crippen LogP contribution in [0.5, 0.6) is 11.5 Å². The van der Waals surface area contributed by atoms with E-state index in [1.165, 1.54) is 43.3 Å².